The van der Waals surface area contributed by atoms with E-state index < -0.39 is 11.9 Å². The van der Waals surface area contributed by atoms with Crippen LogP contribution in [0.4, 0.5) is 5.69 Å². The Balaban J connectivity index is 2.15. The molecule has 0 radical (unpaired) electrons. The third-order valence-corrected chi connectivity index (χ3v) is 4.41. The van der Waals surface area contributed by atoms with E-state index in [2.05, 4.69) is 26.1 Å². The minimum Gasteiger partial charge on any atom is -0.496 e. The second kappa shape index (κ2) is 8.52. The Morgan fingerprint density at radius 3 is 2.39 bits per heavy atom. The van der Waals surface area contributed by atoms with Gasteiger partial charge in [-0.25, -0.2) is 4.79 Å². The largest absolute Gasteiger partial charge is 0.496 e. The maximum Gasteiger partial charge on any atom is 0.339 e. The molecule has 0 aliphatic carbocycles. The summed E-state index contributed by atoms with van der Waals surface area (Å²) in [6.45, 7) is 8.01. The van der Waals surface area contributed by atoms with Crippen LogP contribution in [-0.2, 0) is 10.2 Å². The maximum absolute atomic E-state index is 12.3. The van der Waals surface area contributed by atoms with Crippen LogP contribution < -0.4 is 14.8 Å². The van der Waals surface area contributed by atoms with Crippen molar-refractivity contribution in [2.75, 3.05) is 19.0 Å². The van der Waals surface area contributed by atoms with E-state index in [0.29, 0.717) is 5.75 Å². The monoisotopic (exact) mass is 405 g/mol. The normalized spacial score (nSPS) is 11.1. The molecule has 0 spiro atoms. The quantitative estimate of drug-likeness (QED) is 0.729. The second-order valence-electron chi connectivity index (χ2n) is 7.42. The highest BCUT2D eigenvalue weighted by atomic mass is 35.5. The number of carboxylic acids is 1. The number of benzene rings is 2. The maximum atomic E-state index is 12.3. The number of aryl methyl sites for hydroxylation is 1. The van der Waals surface area contributed by atoms with Crippen LogP contribution in [0.2, 0.25) is 5.02 Å². The molecule has 2 N–H and O–H groups in total. The molecular weight excluding hydrogens is 382 g/mol. The van der Waals surface area contributed by atoms with Crippen molar-refractivity contribution >= 4 is 29.2 Å². The lowest BCUT2D eigenvalue weighted by Crippen LogP contribution is -2.22. The van der Waals surface area contributed by atoms with Gasteiger partial charge in [-0.3, -0.25) is 4.79 Å². The third-order valence-electron chi connectivity index (χ3n) is 4.10. The number of amides is 1. The third kappa shape index (κ3) is 5.16. The number of nitrogens with one attached hydrogen (secondary N) is 1. The van der Waals surface area contributed by atoms with Crippen LogP contribution in [-0.4, -0.2) is 30.7 Å². The predicted molar refractivity (Wildman–Crippen MR) is 109 cm³/mol. The van der Waals surface area contributed by atoms with Crippen molar-refractivity contribution in [2.45, 2.75) is 33.1 Å². The zero-order valence-electron chi connectivity index (χ0n) is 16.6. The molecule has 6 nitrogen and oxygen atoms in total. The Morgan fingerprint density at radius 1 is 1.14 bits per heavy atom. The molecule has 7 heteroatoms. The summed E-state index contributed by atoms with van der Waals surface area (Å²) in [4.78, 5) is 23.5. The van der Waals surface area contributed by atoms with Crippen LogP contribution in [0, 0.1) is 6.92 Å². The summed E-state index contributed by atoms with van der Waals surface area (Å²) in [5, 5.41) is 11.9. The molecule has 1 amide bonds. The van der Waals surface area contributed by atoms with E-state index in [1.54, 1.807) is 0 Å². The van der Waals surface area contributed by atoms with Gasteiger partial charge in [0.15, 0.2) is 6.61 Å². The molecule has 0 saturated carbocycles. The number of methoxy groups -OCH3 is 1. The number of carboxylic acid groups (broad SMARTS) is 1. The first-order valence-electron chi connectivity index (χ1n) is 8.67. The molecule has 0 bridgehead atoms. The Hall–Kier alpha value is -2.73. The number of anilines is 1. The van der Waals surface area contributed by atoms with Crippen LogP contribution in [0.25, 0.3) is 0 Å². The van der Waals surface area contributed by atoms with Crippen LogP contribution >= 0.6 is 11.6 Å². The van der Waals surface area contributed by atoms with Gasteiger partial charge in [-0.15, -0.1) is 0 Å². The van der Waals surface area contributed by atoms with E-state index >= 15 is 0 Å². The smallest absolute Gasteiger partial charge is 0.339 e. The van der Waals surface area contributed by atoms with Gasteiger partial charge in [0.05, 0.1) is 17.8 Å². The van der Waals surface area contributed by atoms with E-state index in [9.17, 15) is 9.59 Å². The summed E-state index contributed by atoms with van der Waals surface area (Å²) in [5.74, 6) is -0.860. The van der Waals surface area contributed by atoms with Gasteiger partial charge < -0.3 is 19.9 Å². The van der Waals surface area contributed by atoms with Crippen molar-refractivity contribution in [3.05, 3.63) is 52.0 Å². The van der Waals surface area contributed by atoms with Crippen molar-refractivity contribution in [1.82, 2.24) is 0 Å². The first-order chi connectivity index (χ1) is 13.0. The molecular formula is C21H24ClNO5. The van der Waals surface area contributed by atoms with E-state index in [1.807, 2.05) is 25.1 Å². The lowest BCUT2D eigenvalue weighted by molar-refractivity contribution is -0.118. The van der Waals surface area contributed by atoms with Crippen LogP contribution in [0.5, 0.6) is 11.5 Å². The number of aromatic carboxylic acids is 1. The Morgan fingerprint density at radius 2 is 1.82 bits per heavy atom. The van der Waals surface area contributed by atoms with Crippen molar-refractivity contribution in [2.24, 2.45) is 0 Å². The molecule has 2 rings (SSSR count). The highest BCUT2D eigenvalue weighted by Gasteiger charge is 2.20. The number of ether oxygens (including phenoxy) is 2. The van der Waals surface area contributed by atoms with Gasteiger partial charge >= 0.3 is 5.97 Å². The van der Waals surface area contributed by atoms with E-state index in [0.717, 1.165) is 11.1 Å². The molecule has 2 aromatic rings. The molecule has 0 heterocycles. The summed E-state index contributed by atoms with van der Waals surface area (Å²) in [6.07, 6.45) is 0. The Kier molecular flexibility index (Phi) is 6.56. The van der Waals surface area contributed by atoms with Gasteiger partial charge in [-0.1, -0.05) is 50.1 Å². The van der Waals surface area contributed by atoms with Gasteiger partial charge in [0.1, 0.15) is 17.1 Å². The number of carbonyl (C=O) groups excluding carboxylic acids is 1. The van der Waals surface area contributed by atoms with Gasteiger partial charge in [0.2, 0.25) is 0 Å². The van der Waals surface area contributed by atoms with Crippen molar-refractivity contribution in [3.63, 3.8) is 0 Å². The van der Waals surface area contributed by atoms with Gasteiger partial charge in [-0.2, -0.15) is 0 Å². The summed E-state index contributed by atoms with van der Waals surface area (Å²) in [7, 11) is 1.34. The van der Waals surface area contributed by atoms with E-state index in [-0.39, 0.29) is 34.0 Å². The average Bonchev–Trinajstić information content (AvgIpc) is 2.61. The average molecular weight is 406 g/mol. The van der Waals surface area contributed by atoms with Crippen molar-refractivity contribution in [1.29, 1.82) is 0 Å². The molecule has 0 atom stereocenters. The zero-order valence-corrected chi connectivity index (χ0v) is 17.3. The number of hydrogen-bond acceptors (Lipinski definition) is 4. The highest BCUT2D eigenvalue weighted by molar-refractivity contribution is 6.34. The summed E-state index contributed by atoms with van der Waals surface area (Å²) < 4.78 is 10.8. The Labute approximate surface area is 169 Å². The molecule has 150 valence electrons. The molecule has 0 aromatic heterocycles. The summed E-state index contributed by atoms with van der Waals surface area (Å²) >= 11 is 6.09. The highest BCUT2D eigenvalue weighted by Crippen LogP contribution is 2.33. The van der Waals surface area contributed by atoms with Crippen LogP contribution in [0.1, 0.15) is 42.3 Å². The molecule has 0 unspecified atom stereocenters. The first kappa shape index (κ1) is 21.6. The minimum absolute atomic E-state index is 0.0868. The standard InChI is InChI=1S/C21H24ClNO5/c1-12-6-7-17(14(8-12)21(2,3)4)28-11-19(24)23-16-10-18(27-5)13(20(25)26)9-15(16)22/h6-10H,11H2,1-5H3,(H,23,24)(H,25,26). The topological polar surface area (TPSA) is 84.9 Å². The lowest BCUT2D eigenvalue weighted by Gasteiger charge is -2.23. The molecule has 0 aliphatic rings. The lowest BCUT2D eigenvalue weighted by atomic mass is 9.85. The molecule has 28 heavy (non-hydrogen) atoms. The first-order valence-corrected chi connectivity index (χ1v) is 9.05. The number of halogens is 1. The van der Waals surface area contributed by atoms with E-state index in [4.69, 9.17) is 26.2 Å². The fraction of sp³-hybridized carbons (Fsp3) is 0.333. The minimum atomic E-state index is -1.17. The molecule has 0 saturated heterocycles. The second-order valence-corrected chi connectivity index (χ2v) is 7.83. The van der Waals surface area contributed by atoms with Crippen molar-refractivity contribution < 1.29 is 24.2 Å². The zero-order chi connectivity index (χ0) is 21.1. The van der Waals surface area contributed by atoms with Gasteiger partial charge in [0.25, 0.3) is 5.91 Å². The predicted octanol–water partition coefficient (Wildman–Crippen LogP) is 4.67. The fourth-order valence-electron chi connectivity index (χ4n) is 2.67. The van der Waals surface area contributed by atoms with Gasteiger partial charge in [-0.05, 0) is 30.0 Å². The summed E-state index contributed by atoms with van der Waals surface area (Å²) in [5.41, 5.74) is 2.14. The molecule has 2 aromatic carbocycles. The Bertz CT molecular complexity index is 902. The van der Waals surface area contributed by atoms with Crippen LogP contribution in [0.3, 0.4) is 0 Å². The van der Waals surface area contributed by atoms with Crippen molar-refractivity contribution in [3.8, 4) is 11.5 Å². The molecule has 0 fully saturated rings. The number of carbonyl (C=O) groups is 2. The van der Waals surface area contributed by atoms with E-state index in [1.165, 1.54) is 19.2 Å². The van der Waals surface area contributed by atoms with Crippen LogP contribution in [0.15, 0.2) is 30.3 Å². The number of hydrogen-bond donors (Lipinski definition) is 2. The molecule has 0 aliphatic heterocycles. The SMILES string of the molecule is COc1cc(NC(=O)COc2ccc(C)cc2C(C)(C)C)c(Cl)cc1C(=O)O. The number of rotatable bonds is 6. The fourth-order valence-corrected chi connectivity index (χ4v) is 2.88. The summed E-state index contributed by atoms with van der Waals surface area (Å²) in [6, 6.07) is 8.42. The van der Waals surface area contributed by atoms with Gasteiger partial charge in [0, 0.05) is 6.07 Å².